The lowest BCUT2D eigenvalue weighted by atomic mass is 10.1. The van der Waals surface area contributed by atoms with E-state index < -0.39 is 0 Å². The van der Waals surface area contributed by atoms with E-state index in [0.717, 1.165) is 12.4 Å². The van der Waals surface area contributed by atoms with Crippen LogP contribution in [0.1, 0.15) is 56.6 Å². The summed E-state index contributed by atoms with van der Waals surface area (Å²) in [5.41, 5.74) is 2.52. The SMILES string of the molecule is CCCC[N+]1(CCOc2c(C)cccc2C)CCCCCC1. The van der Waals surface area contributed by atoms with Gasteiger partial charge in [0.1, 0.15) is 18.9 Å². The van der Waals surface area contributed by atoms with Crippen LogP contribution >= 0.6 is 0 Å². The molecule has 124 valence electrons. The Morgan fingerprint density at radius 1 is 0.955 bits per heavy atom. The van der Waals surface area contributed by atoms with Crippen LogP contribution in [0.5, 0.6) is 5.75 Å². The Kier molecular flexibility index (Phi) is 6.75. The fraction of sp³-hybridized carbons (Fsp3) is 0.700. The van der Waals surface area contributed by atoms with Crippen molar-refractivity contribution < 1.29 is 9.22 Å². The molecule has 0 unspecified atom stereocenters. The standard InChI is InChI=1S/C20H34NO/c1-4-5-13-21(14-8-6-7-9-15-21)16-17-22-20-18(2)11-10-12-19(20)3/h10-12H,4-9,13-17H2,1-3H3/q+1. The van der Waals surface area contributed by atoms with E-state index in [4.69, 9.17) is 4.74 Å². The highest BCUT2D eigenvalue weighted by molar-refractivity contribution is 5.39. The van der Waals surface area contributed by atoms with Crippen LogP contribution in [0.15, 0.2) is 18.2 Å². The van der Waals surface area contributed by atoms with Gasteiger partial charge in [0.25, 0.3) is 0 Å². The molecule has 22 heavy (non-hydrogen) atoms. The van der Waals surface area contributed by atoms with Crippen molar-refractivity contribution in [2.24, 2.45) is 0 Å². The van der Waals surface area contributed by atoms with Gasteiger partial charge in [-0.15, -0.1) is 0 Å². The lowest BCUT2D eigenvalue weighted by Crippen LogP contribution is -2.51. The van der Waals surface area contributed by atoms with Gasteiger partial charge in [0, 0.05) is 0 Å². The summed E-state index contributed by atoms with van der Waals surface area (Å²) in [6.45, 7) is 12.7. The molecule has 1 saturated heterocycles. The van der Waals surface area contributed by atoms with Crippen LogP contribution in [0.4, 0.5) is 0 Å². The number of rotatable bonds is 7. The summed E-state index contributed by atoms with van der Waals surface area (Å²) in [5, 5.41) is 0. The largest absolute Gasteiger partial charge is 0.487 e. The molecule has 0 bridgehead atoms. The molecule has 2 heteroatoms. The number of quaternary nitrogens is 1. The molecule has 0 N–H and O–H groups in total. The van der Waals surface area contributed by atoms with E-state index >= 15 is 0 Å². The zero-order chi connectivity index (χ0) is 15.8. The Labute approximate surface area is 137 Å². The first kappa shape index (κ1) is 17.3. The first-order chi connectivity index (χ1) is 10.7. The molecule has 2 rings (SSSR count). The number of hydrogen-bond acceptors (Lipinski definition) is 1. The molecule has 0 aliphatic carbocycles. The summed E-state index contributed by atoms with van der Waals surface area (Å²) in [7, 11) is 0. The molecule has 1 aromatic rings. The van der Waals surface area contributed by atoms with E-state index in [0.29, 0.717) is 0 Å². The smallest absolute Gasteiger partial charge is 0.137 e. The van der Waals surface area contributed by atoms with E-state index in [9.17, 15) is 0 Å². The first-order valence-electron chi connectivity index (χ1n) is 9.21. The van der Waals surface area contributed by atoms with Crippen molar-refractivity contribution in [3.8, 4) is 5.75 Å². The highest BCUT2D eigenvalue weighted by Crippen LogP contribution is 2.24. The van der Waals surface area contributed by atoms with Gasteiger partial charge in [-0.2, -0.15) is 0 Å². The van der Waals surface area contributed by atoms with E-state index in [1.54, 1.807) is 0 Å². The summed E-state index contributed by atoms with van der Waals surface area (Å²) < 4.78 is 7.49. The number of aryl methyl sites for hydroxylation is 2. The van der Waals surface area contributed by atoms with Crippen molar-refractivity contribution in [3.63, 3.8) is 0 Å². The van der Waals surface area contributed by atoms with Gasteiger partial charge in [0.05, 0.1) is 19.6 Å². The van der Waals surface area contributed by atoms with Gasteiger partial charge in [-0.05, 0) is 57.1 Å². The number of benzene rings is 1. The molecule has 0 spiro atoms. The van der Waals surface area contributed by atoms with Gasteiger partial charge in [0.15, 0.2) is 0 Å². The fourth-order valence-electron chi connectivity index (χ4n) is 3.78. The van der Waals surface area contributed by atoms with Crippen molar-refractivity contribution >= 4 is 0 Å². The molecule has 1 aliphatic rings. The number of unbranched alkanes of at least 4 members (excludes halogenated alkanes) is 1. The van der Waals surface area contributed by atoms with Crippen molar-refractivity contribution in [2.45, 2.75) is 59.3 Å². The van der Waals surface area contributed by atoms with Crippen LogP contribution in [0.3, 0.4) is 0 Å². The van der Waals surface area contributed by atoms with Crippen molar-refractivity contribution in [3.05, 3.63) is 29.3 Å². The molecular weight excluding hydrogens is 270 g/mol. The second kappa shape index (κ2) is 8.57. The number of likely N-dealkylation sites (tertiary alicyclic amines) is 1. The van der Waals surface area contributed by atoms with E-state index in [-0.39, 0.29) is 0 Å². The highest BCUT2D eigenvalue weighted by Gasteiger charge is 2.28. The van der Waals surface area contributed by atoms with Gasteiger partial charge in [0.2, 0.25) is 0 Å². The minimum atomic E-state index is 0.857. The highest BCUT2D eigenvalue weighted by atomic mass is 16.5. The molecule has 1 aliphatic heterocycles. The molecule has 0 radical (unpaired) electrons. The monoisotopic (exact) mass is 304 g/mol. The van der Waals surface area contributed by atoms with Gasteiger partial charge >= 0.3 is 0 Å². The van der Waals surface area contributed by atoms with Crippen LogP contribution in [0.2, 0.25) is 0 Å². The minimum Gasteiger partial charge on any atom is -0.487 e. The summed E-state index contributed by atoms with van der Waals surface area (Å²) in [5.74, 6) is 1.10. The second-order valence-electron chi connectivity index (χ2n) is 7.07. The lowest BCUT2D eigenvalue weighted by molar-refractivity contribution is -0.927. The maximum atomic E-state index is 6.20. The fourth-order valence-corrected chi connectivity index (χ4v) is 3.78. The molecule has 1 heterocycles. The van der Waals surface area contributed by atoms with Crippen LogP contribution in [-0.2, 0) is 0 Å². The van der Waals surface area contributed by atoms with E-state index in [1.807, 2.05) is 0 Å². The van der Waals surface area contributed by atoms with Crippen LogP contribution in [0.25, 0.3) is 0 Å². The Bertz CT molecular complexity index is 427. The van der Waals surface area contributed by atoms with Gasteiger partial charge < -0.3 is 9.22 Å². The normalized spacial score (nSPS) is 18.0. The predicted octanol–water partition coefficient (Wildman–Crippen LogP) is 4.87. The minimum absolute atomic E-state index is 0.857. The average molecular weight is 304 g/mol. The summed E-state index contributed by atoms with van der Waals surface area (Å²) >= 11 is 0. The molecule has 2 nitrogen and oxygen atoms in total. The van der Waals surface area contributed by atoms with Crippen molar-refractivity contribution in [2.75, 3.05) is 32.8 Å². The van der Waals surface area contributed by atoms with Crippen LogP contribution < -0.4 is 4.74 Å². The maximum Gasteiger partial charge on any atom is 0.137 e. The van der Waals surface area contributed by atoms with Crippen LogP contribution in [0, 0.1) is 13.8 Å². The van der Waals surface area contributed by atoms with E-state index in [2.05, 4.69) is 39.0 Å². The first-order valence-corrected chi connectivity index (χ1v) is 9.21. The predicted molar refractivity (Wildman–Crippen MR) is 94.5 cm³/mol. The van der Waals surface area contributed by atoms with Crippen molar-refractivity contribution in [1.29, 1.82) is 0 Å². The van der Waals surface area contributed by atoms with Crippen LogP contribution in [-0.4, -0.2) is 37.3 Å². The molecule has 1 fully saturated rings. The third-order valence-corrected chi connectivity index (χ3v) is 5.22. The molecule has 0 aromatic heterocycles. The lowest BCUT2D eigenvalue weighted by Gasteiger charge is -2.38. The van der Waals surface area contributed by atoms with Gasteiger partial charge in [-0.3, -0.25) is 0 Å². The quantitative estimate of drug-likeness (QED) is 0.653. The van der Waals surface area contributed by atoms with E-state index in [1.165, 1.54) is 80.3 Å². The third kappa shape index (κ3) is 4.74. The summed E-state index contributed by atoms with van der Waals surface area (Å²) in [4.78, 5) is 0. The number of ether oxygens (including phenoxy) is 1. The molecular formula is C20H34NO+. The number of hydrogen-bond donors (Lipinski definition) is 0. The molecule has 1 aromatic carbocycles. The Hall–Kier alpha value is -1.02. The summed E-state index contributed by atoms with van der Waals surface area (Å²) in [6.07, 6.45) is 8.29. The number of nitrogens with zero attached hydrogens (tertiary/aromatic N) is 1. The Morgan fingerprint density at radius 3 is 2.18 bits per heavy atom. The molecule has 0 saturated carbocycles. The average Bonchev–Trinajstić information content (AvgIpc) is 2.74. The Balaban J connectivity index is 1.95. The second-order valence-corrected chi connectivity index (χ2v) is 7.07. The zero-order valence-electron chi connectivity index (χ0n) is 14.9. The Morgan fingerprint density at radius 2 is 1.59 bits per heavy atom. The zero-order valence-corrected chi connectivity index (χ0v) is 14.9. The molecule has 0 atom stereocenters. The van der Waals surface area contributed by atoms with Gasteiger partial charge in [-0.25, -0.2) is 0 Å². The van der Waals surface area contributed by atoms with Crippen molar-refractivity contribution in [1.82, 2.24) is 0 Å². The number of para-hydroxylation sites is 1. The maximum absolute atomic E-state index is 6.20. The summed E-state index contributed by atoms with van der Waals surface area (Å²) in [6, 6.07) is 6.41. The molecule has 0 amide bonds. The van der Waals surface area contributed by atoms with Gasteiger partial charge in [-0.1, -0.05) is 31.5 Å². The third-order valence-electron chi connectivity index (χ3n) is 5.22. The topological polar surface area (TPSA) is 9.23 Å².